The van der Waals surface area contributed by atoms with Gasteiger partial charge >= 0.3 is 0 Å². The van der Waals surface area contributed by atoms with Gasteiger partial charge < -0.3 is 9.53 Å². The van der Waals surface area contributed by atoms with Gasteiger partial charge in [0.05, 0.1) is 0 Å². The molecule has 0 aliphatic heterocycles. The van der Waals surface area contributed by atoms with Crippen LogP contribution in [0.15, 0.2) is 0 Å². The maximum atomic E-state index is 9.86. The molecule has 0 bridgehead atoms. The highest BCUT2D eigenvalue weighted by Crippen LogP contribution is 1.93. The summed E-state index contributed by atoms with van der Waals surface area (Å²) in [6.45, 7) is 0. The molecule has 0 amide bonds. The maximum Gasteiger partial charge on any atom is 0.120 e. The van der Waals surface area contributed by atoms with Crippen LogP contribution in [0.25, 0.3) is 0 Å². The van der Waals surface area contributed by atoms with Crippen LogP contribution in [-0.4, -0.2) is 26.7 Å². The van der Waals surface area contributed by atoms with E-state index in [1.54, 1.807) is 14.2 Å². The van der Waals surface area contributed by atoms with Crippen molar-refractivity contribution in [3.63, 3.8) is 0 Å². The molecule has 1 atom stereocenters. The summed E-state index contributed by atoms with van der Waals surface area (Å²) in [6.07, 6.45) is 2.22. The molecule has 54 valence electrons. The lowest BCUT2D eigenvalue weighted by Gasteiger charge is -2.11. The van der Waals surface area contributed by atoms with Gasteiger partial charge in [-0.3, -0.25) is 5.32 Å². The fraction of sp³-hybridized carbons (Fsp3) is 0.833. The van der Waals surface area contributed by atoms with Gasteiger partial charge in [-0.25, -0.2) is 0 Å². The minimum Gasteiger partial charge on any atom is -0.367 e. The van der Waals surface area contributed by atoms with E-state index in [1.165, 1.54) is 0 Å². The monoisotopic (exact) mass is 131 g/mol. The predicted molar refractivity (Wildman–Crippen MR) is 35.2 cm³/mol. The third kappa shape index (κ3) is 4.12. The van der Waals surface area contributed by atoms with E-state index in [1.807, 2.05) is 0 Å². The third-order valence-corrected chi connectivity index (χ3v) is 1.15. The van der Waals surface area contributed by atoms with E-state index in [0.29, 0.717) is 6.42 Å². The van der Waals surface area contributed by atoms with Crippen LogP contribution >= 0.6 is 0 Å². The lowest BCUT2D eigenvalue weighted by molar-refractivity contribution is -0.108. The van der Waals surface area contributed by atoms with Gasteiger partial charge in [-0.05, 0) is 13.5 Å². The third-order valence-electron chi connectivity index (χ3n) is 1.15. The molecule has 0 fully saturated rings. The Morgan fingerprint density at radius 2 is 2.44 bits per heavy atom. The highest BCUT2D eigenvalue weighted by Gasteiger charge is 2.00. The van der Waals surface area contributed by atoms with Gasteiger partial charge in [0, 0.05) is 13.5 Å². The van der Waals surface area contributed by atoms with Gasteiger partial charge in [-0.1, -0.05) is 0 Å². The van der Waals surface area contributed by atoms with Crippen LogP contribution in [0.1, 0.15) is 12.8 Å². The molecule has 0 aliphatic rings. The summed E-state index contributed by atoms with van der Waals surface area (Å²) >= 11 is 0. The van der Waals surface area contributed by atoms with Gasteiger partial charge in [0.25, 0.3) is 0 Å². The number of hydrogen-bond acceptors (Lipinski definition) is 3. The average molecular weight is 131 g/mol. The van der Waals surface area contributed by atoms with Gasteiger partial charge in [-0.15, -0.1) is 0 Å². The lowest BCUT2D eigenvalue weighted by Crippen LogP contribution is -2.26. The predicted octanol–water partition coefficient (Wildman–Crippen LogP) is 0.157. The summed E-state index contributed by atoms with van der Waals surface area (Å²) in [7, 11) is 3.42. The molecular formula is C6H13NO2. The second kappa shape index (κ2) is 5.72. The second-order valence-corrected chi connectivity index (χ2v) is 1.76. The van der Waals surface area contributed by atoms with E-state index >= 15 is 0 Å². The van der Waals surface area contributed by atoms with Crippen LogP contribution in [-0.2, 0) is 9.53 Å². The van der Waals surface area contributed by atoms with Crippen molar-refractivity contribution in [2.75, 3.05) is 14.2 Å². The largest absolute Gasteiger partial charge is 0.367 e. The minimum atomic E-state index is 0.0233. The summed E-state index contributed by atoms with van der Waals surface area (Å²) < 4.78 is 4.93. The lowest BCUT2D eigenvalue weighted by atomic mass is 10.3. The molecule has 0 saturated carbocycles. The number of ether oxygens (including phenoxy) is 1. The van der Waals surface area contributed by atoms with Crippen LogP contribution < -0.4 is 5.32 Å². The zero-order valence-electron chi connectivity index (χ0n) is 5.89. The van der Waals surface area contributed by atoms with E-state index in [-0.39, 0.29) is 6.23 Å². The summed E-state index contributed by atoms with van der Waals surface area (Å²) in [4.78, 5) is 9.86. The molecule has 0 aromatic heterocycles. The topological polar surface area (TPSA) is 38.3 Å². The van der Waals surface area contributed by atoms with Crippen LogP contribution in [0, 0.1) is 0 Å². The van der Waals surface area contributed by atoms with Crippen molar-refractivity contribution in [1.29, 1.82) is 0 Å². The van der Waals surface area contributed by atoms with Gasteiger partial charge in [0.15, 0.2) is 0 Å². The number of rotatable bonds is 5. The van der Waals surface area contributed by atoms with E-state index in [9.17, 15) is 4.79 Å². The SMILES string of the molecule is CNC(CCC=O)OC. The fourth-order valence-electron chi connectivity index (χ4n) is 0.599. The first kappa shape index (κ1) is 8.59. The molecule has 0 aromatic carbocycles. The normalized spacial score (nSPS) is 13.1. The van der Waals surface area contributed by atoms with E-state index in [4.69, 9.17) is 4.74 Å². The van der Waals surface area contributed by atoms with Gasteiger partial charge in [0.2, 0.25) is 0 Å². The Labute approximate surface area is 55.4 Å². The number of aldehydes is 1. The van der Waals surface area contributed by atoms with Crippen molar-refractivity contribution >= 4 is 6.29 Å². The molecule has 0 saturated heterocycles. The first-order valence-electron chi connectivity index (χ1n) is 2.98. The zero-order valence-corrected chi connectivity index (χ0v) is 5.89. The standard InChI is InChI=1S/C6H13NO2/c1-7-6(9-2)4-3-5-8/h5-7H,3-4H2,1-2H3. The fourth-order valence-corrected chi connectivity index (χ4v) is 0.599. The molecule has 0 aromatic rings. The van der Waals surface area contributed by atoms with Crippen molar-refractivity contribution < 1.29 is 9.53 Å². The summed E-state index contributed by atoms with van der Waals surface area (Å²) in [5, 5.41) is 2.91. The smallest absolute Gasteiger partial charge is 0.120 e. The first-order valence-corrected chi connectivity index (χ1v) is 2.98. The Hall–Kier alpha value is -0.410. The first-order chi connectivity index (χ1) is 4.35. The van der Waals surface area contributed by atoms with Crippen LogP contribution in [0.3, 0.4) is 0 Å². The molecule has 1 N–H and O–H groups in total. The summed E-state index contributed by atoms with van der Waals surface area (Å²) in [5.74, 6) is 0. The molecule has 3 nitrogen and oxygen atoms in total. The number of carbonyl (C=O) groups is 1. The zero-order chi connectivity index (χ0) is 7.11. The van der Waals surface area contributed by atoms with Crippen molar-refractivity contribution in [2.24, 2.45) is 0 Å². The van der Waals surface area contributed by atoms with Crippen molar-refractivity contribution in [3.8, 4) is 0 Å². The van der Waals surface area contributed by atoms with E-state index in [0.717, 1.165) is 12.7 Å². The second-order valence-electron chi connectivity index (χ2n) is 1.76. The van der Waals surface area contributed by atoms with E-state index < -0.39 is 0 Å². The Bertz CT molecular complexity index is 71.5. The maximum absolute atomic E-state index is 9.86. The highest BCUT2D eigenvalue weighted by atomic mass is 16.5. The summed E-state index contributed by atoms with van der Waals surface area (Å²) in [6, 6.07) is 0. The Kier molecular flexibility index (Phi) is 5.46. The van der Waals surface area contributed by atoms with E-state index in [2.05, 4.69) is 5.32 Å². The highest BCUT2D eigenvalue weighted by molar-refractivity contribution is 5.49. The van der Waals surface area contributed by atoms with Crippen LogP contribution in [0.4, 0.5) is 0 Å². The molecule has 9 heavy (non-hydrogen) atoms. The molecule has 1 unspecified atom stereocenters. The molecular weight excluding hydrogens is 118 g/mol. The van der Waals surface area contributed by atoms with Gasteiger partial charge in [0.1, 0.15) is 12.5 Å². The molecule has 0 radical (unpaired) electrons. The van der Waals surface area contributed by atoms with Gasteiger partial charge in [-0.2, -0.15) is 0 Å². The number of nitrogens with one attached hydrogen (secondary N) is 1. The van der Waals surface area contributed by atoms with Crippen molar-refractivity contribution in [1.82, 2.24) is 5.32 Å². The Morgan fingerprint density at radius 3 is 2.78 bits per heavy atom. The average Bonchev–Trinajstić information content (AvgIpc) is 1.91. The minimum absolute atomic E-state index is 0.0233. The molecule has 3 heteroatoms. The Morgan fingerprint density at radius 1 is 1.78 bits per heavy atom. The number of carbonyl (C=O) groups excluding carboxylic acids is 1. The van der Waals surface area contributed by atoms with Crippen molar-refractivity contribution in [2.45, 2.75) is 19.1 Å². The number of methoxy groups -OCH3 is 1. The van der Waals surface area contributed by atoms with Crippen LogP contribution in [0.2, 0.25) is 0 Å². The molecule has 0 aliphatic carbocycles. The summed E-state index contributed by atoms with van der Waals surface area (Å²) in [5.41, 5.74) is 0. The molecule has 0 spiro atoms. The van der Waals surface area contributed by atoms with Crippen molar-refractivity contribution in [3.05, 3.63) is 0 Å². The quantitative estimate of drug-likeness (QED) is 0.426. The molecule has 0 heterocycles. The van der Waals surface area contributed by atoms with Crippen LogP contribution in [0.5, 0.6) is 0 Å². The molecule has 0 rings (SSSR count). The Balaban J connectivity index is 3.19. The number of hydrogen-bond donors (Lipinski definition) is 1.